The highest BCUT2D eigenvalue weighted by atomic mass is 16.5. The Balaban J connectivity index is 5.05. The predicted octanol–water partition coefficient (Wildman–Crippen LogP) is -0.00860. The minimum atomic E-state index is -0.766. The first kappa shape index (κ1) is 15.4. The summed E-state index contributed by atoms with van der Waals surface area (Å²) in [5, 5.41) is 0. The molecule has 0 fully saturated rings. The molecule has 6 nitrogen and oxygen atoms in total. The molecule has 96 valence electrons. The smallest absolute Gasteiger partial charge is 0.384 e. The molecule has 0 bridgehead atoms. The molecule has 0 aromatic rings. The van der Waals surface area contributed by atoms with Crippen LogP contribution in [0.25, 0.3) is 0 Å². The first-order valence-corrected chi connectivity index (χ1v) is 4.69. The number of rotatable bonds is 3. The normalized spacial score (nSPS) is 10.3. The summed E-state index contributed by atoms with van der Waals surface area (Å²) in [5.41, 5.74) is 0.109. The van der Waals surface area contributed by atoms with E-state index >= 15 is 0 Å². The van der Waals surface area contributed by atoms with Gasteiger partial charge in [-0.1, -0.05) is 5.92 Å². The average molecular weight is 252 g/mol. The van der Waals surface area contributed by atoms with Gasteiger partial charge in [-0.05, 0) is 6.08 Å². The zero-order valence-electron chi connectivity index (χ0n) is 10.2. The summed E-state index contributed by atoms with van der Waals surface area (Å²) >= 11 is 0. The predicted molar refractivity (Wildman–Crippen MR) is 61.0 cm³/mol. The van der Waals surface area contributed by atoms with Crippen LogP contribution in [0.15, 0.2) is 23.8 Å². The highest BCUT2D eigenvalue weighted by molar-refractivity contribution is 5.91. The molecule has 0 aliphatic rings. The largest absolute Gasteiger partial charge is 0.466 e. The summed E-state index contributed by atoms with van der Waals surface area (Å²) in [6.07, 6.45) is 3.30. The lowest BCUT2D eigenvalue weighted by molar-refractivity contribution is -0.135. The SMILES string of the molecule is COC(=O)C#CC(=C\C(=O)OC)/C=C/C(=O)OC. The van der Waals surface area contributed by atoms with Gasteiger partial charge in [-0.3, -0.25) is 0 Å². The van der Waals surface area contributed by atoms with Gasteiger partial charge in [0.15, 0.2) is 0 Å². The van der Waals surface area contributed by atoms with Gasteiger partial charge in [0.05, 0.1) is 21.3 Å². The van der Waals surface area contributed by atoms with Crippen LogP contribution in [-0.2, 0) is 28.6 Å². The second-order valence-corrected chi connectivity index (χ2v) is 2.72. The van der Waals surface area contributed by atoms with Crippen LogP contribution in [0.2, 0.25) is 0 Å². The maximum Gasteiger partial charge on any atom is 0.384 e. The summed E-state index contributed by atoms with van der Waals surface area (Å²) in [6.45, 7) is 0. The standard InChI is InChI=1S/C12H12O6/c1-16-10(13)6-4-9(8-12(15)18-3)5-7-11(14)17-2/h4,6,8H,1-3H3/b6-4+,9-8-. The Kier molecular flexibility index (Phi) is 7.37. The summed E-state index contributed by atoms with van der Waals surface area (Å²) < 4.78 is 13.1. The Morgan fingerprint density at radius 1 is 0.833 bits per heavy atom. The van der Waals surface area contributed by atoms with Crippen LogP contribution in [-0.4, -0.2) is 39.2 Å². The van der Waals surface area contributed by atoms with Crippen LogP contribution in [0.4, 0.5) is 0 Å². The van der Waals surface area contributed by atoms with Crippen molar-refractivity contribution in [3.8, 4) is 11.8 Å². The molecule has 0 aliphatic carbocycles. The van der Waals surface area contributed by atoms with E-state index in [1.807, 2.05) is 0 Å². The van der Waals surface area contributed by atoms with E-state index < -0.39 is 17.9 Å². The molecule has 0 heterocycles. The maximum absolute atomic E-state index is 11.0. The quantitative estimate of drug-likeness (QED) is 0.175. The summed E-state index contributed by atoms with van der Waals surface area (Å²) in [7, 11) is 3.57. The van der Waals surface area contributed by atoms with Crippen molar-refractivity contribution < 1.29 is 28.6 Å². The summed E-state index contributed by atoms with van der Waals surface area (Å²) in [5.74, 6) is 2.42. The lowest BCUT2D eigenvalue weighted by atomic mass is 10.2. The van der Waals surface area contributed by atoms with Crippen molar-refractivity contribution in [2.45, 2.75) is 0 Å². The molecule has 0 N–H and O–H groups in total. The Bertz CT molecular complexity index is 447. The molecule has 0 radical (unpaired) electrons. The first-order chi connectivity index (χ1) is 8.53. The maximum atomic E-state index is 11.0. The van der Waals surface area contributed by atoms with E-state index in [2.05, 4.69) is 26.1 Å². The third-order valence-electron chi connectivity index (χ3n) is 1.57. The number of carbonyl (C=O) groups is 3. The molecule has 0 saturated heterocycles. The molecule has 0 atom stereocenters. The van der Waals surface area contributed by atoms with E-state index in [1.165, 1.54) is 27.4 Å². The highest BCUT2D eigenvalue weighted by Crippen LogP contribution is 1.97. The molecular weight excluding hydrogens is 240 g/mol. The van der Waals surface area contributed by atoms with Crippen molar-refractivity contribution in [1.82, 2.24) is 0 Å². The number of allylic oxidation sites excluding steroid dienone is 2. The van der Waals surface area contributed by atoms with Crippen molar-refractivity contribution in [2.24, 2.45) is 0 Å². The fourth-order valence-electron chi connectivity index (χ4n) is 0.712. The van der Waals surface area contributed by atoms with Gasteiger partial charge in [0.2, 0.25) is 0 Å². The molecule has 0 aromatic carbocycles. The first-order valence-electron chi connectivity index (χ1n) is 4.69. The third kappa shape index (κ3) is 6.85. The Morgan fingerprint density at radius 3 is 1.94 bits per heavy atom. The highest BCUT2D eigenvalue weighted by Gasteiger charge is 1.99. The van der Waals surface area contributed by atoms with Gasteiger partial charge in [-0.25, -0.2) is 14.4 Å². The molecular formula is C12H12O6. The number of hydrogen-bond donors (Lipinski definition) is 0. The minimum Gasteiger partial charge on any atom is -0.466 e. The molecule has 6 heteroatoms. The molecule has 18 heavy (non-hydrogen) atoms. The zero-order chi connectivity index (χ0) is 14.0. The molecule has 0 unspecified atom stereocenters. The molecule has 0 saturated carbocycles. The van der Waals surface area contributed by atoms with Crippen LogP contribution < -0.4 is 0 Å². The molecule has 0 aromatic heterocycles. The number of methoxy groups -OCH3 is 3. The van der Waals surface area contributed by atoms with E-state index in [0.717, 1.165) is 12.2 Å². The lowest BCUT2D eigenvalue weighted by Gasteiger charge is -1.93. The number of hydrogen-bond acceptors (Lipinski definition) is 6. The Hall–Kier alpha value is -2.55. The van der Waals surface area contributed by atoms with Gasteiger partial charge in [-0.15, -0.1) is 0 Å². The van der Waals surface area contributed by atoms with Crippen molar-refractivity contribution >= 4 is 17.9 Å². The van der Waals surface area contributed by atoms with Crippen LogP contribution in [0.3, 0.4) is 0 Å². The molecule has 0 aliphatic heterocycles. The van der Waals surface area contributed by atoms with Crippen LogP contribution in [0.1, 0.15) is 0 Å². The third-order valence-corrected chi connectivity index (χ3v) is 1.57. The van der Waals surface area contributed by atoms with Crippen molar-refractivity contribution in [2.75, 3.05) is 21.3 Å². The second-order valence-electron chi connectivity index (χ2n) is 2.72. The molecule has 0 spiro atoms. The van der Waals surface area contributed by atoms with Gasteiger partial charge in [0.25, 0.3) is 0 Å². The number of ether oxygens (including phenoxy) is 3. The van der Waals surface area contributed by atoms with Gasteiger partial charge < -0.3 is 14.2 Å². The van der Waals surface area contributed by atoms with Gasteiger partial charge in [0, 0.05) is 23.6 Å². The van der Waals surface area contributed by atoms with Gasteiger partial charge in [0.1, 0.15) is 0 Å². The van der Waals surface area contributed by atoms with Crippen LogP contribution in [0.5, 0.6) is 0 Å². The van der Waals surface area contributed by atoms with Gasteiger partial charge >= 0.3 is 17.9 Å². The number of esters is 3. The summed E-state index contributed by atoms with van der Waals surface area (Å²) in [4.78, 5) is 32.7. The monoisotopic (exact) mass is 252 g/mol. The van der Waals surface area contributed by atoms with Crippen molar-refractivity contribution in [3.05, 3.63) is 23.8 Å². The molecule has 0 amide bonds. The Morgan fingerprint density at radius 2 is 1.44 bits per heavy atom. The second kappa shape index (κ2) is 8.58. The van der Waals surface area contributed by atoms with E-state index in [1.54, 1.807) is 0 Å². The number of carbonyl (C=O) groups excluding carboxylic acids is 3. The lowest BCUT2D eigenvalue weighted by Crippen LogP contribution is -1.98. The van der Waals surface area contributed by atoms with E-state index in [0.29, 0.717) is 0 Å². The summed E-state index contributed by atoms with van der Waals surface area (Å²) in [6, 6.07) is 0. The van der Waals surface area contributed by atoms with E-state index in [9.17, 15) is 14.4 Å². The fraction of sp³-hybridized carbons (Fsp3) is 0.250. The van der Waals surface area contributed by atoms with Crippen molar-refractivity contribution in [3.63, 3.8) is 0 Å². The average Bonchev–Trinajstić information content (AvgIpc) is 2.40. The van der Waals surface area contributed by atoms with Crippen molar-refractivity contribution in [1.29, 1.82) is 0 Å². The Labute approximate surface area is 104 Å². The van der Waals surface area contributed by atoms with E-state index in [4.69, 9.17) is 0 Å². The van der Waals surface area contributed by atoms with E-state index in [-0.39, 0.29) is 5.57 Å². The fourth-order valence-corrected chi connectivity index (χ4v) is 0.712. The van der Waals surface area contributed by atoms with Crippen LogP contribution >= 0.6 is 0 Å². The zero-order valence-corrected chi connectivity index (χ0v) is 10.2. The minimum absolute atomic E-state index is 0.109. The van der Waals surface area contributed by atoms with Crippen LogP contribution in [0, 0.1) is 11.8 Å². The van der Waals surface area contributed by atoms with Gasteiger partial charge in [-0.2, -0.15) is 0 Å². The molecule has 0 rings (SSSR count). The topological polar surface area (TPSA) is 78.9 Å².